The predicted octanol–water partition coefficient (Wildman–Crippen LogP) is 3.38. The summed E-state index contributed by atoms with van der Waals surface area (Å²) >= 11 is 0. The van der Waals surface area contributed by atoms with Gasteiger partial charge in [0.25, 0.3) is 5.91 Å². The molecule has 3 rings (SSSR count). The smallest absolute Gasteiger partial charge is 0.253 e. The van der Waals surface area contributed by atoms with Crippen LogP contribution in [0.5, 0.6) is 0 Å². The van der Waals surface area contributed by atoms with Crippen molar-refractivity contribution in [3.05, 3.63) is 71.3 Å². The summed E-state index contributed by atoms with van der Waals surface area (Å²) in [7, 11) is 5.37. The van der Waals surface area contributed by atoms with Crippen molar-refractivity contribution in [2.45, 2.75) is 31.8 Å². The van der Waals surface area contributed by atoms with Crippen LogP contribution < -0.4 is 10.6 Å². The topological polar surface area (TPSA) is 60.0 Å². The molecule has 1 aliphatic rings. The molecular formula is C25H36IN5O. The van der Waals surface area contributed by atoms with Crippen LogP contribution in [-0.2, 0) is 13.0 Å². The Morgan fingerprint density at radius 3 is 2.41 bits per heavy atom. The molecule has 1 amide bonds. The van der Waals surface area contributed by atoms with Gasteiger partial charge in [0.2, 0.25) is 0 Å². The maximum atomic E-state index is 12.1. The molecule has 1 heterocycles. The number of aliphatic imine (C=N–C) groups is 1. The molecule has 1 aliphatic heterocycles. The van der Waals surface area contributed by atoms with Gasteiger partial charge in [0.15, 0.2) is 5.96 Å². The van der Waals surface area contributed by atoms with Crippen molar-refractivity contribution in [3.63, 3.8) is 0 Å². The van der Waals surface area contributed by atoms with E-state index in [1.807, 2.05) is 25.2 Å². The zero-order chi connectivity index (χ0) is 22.1. The first kappa shape index (κ1) is 26.1. The molecule has 0 unspecified atom stereocenters. The molecule has 0 aromatic heterocycles. The van der Waals surface area contributed by atoms with Crippen LogP contribution in [0.15, 0.2) is 59.6 Å². The van der Waals surface area contributed by atoms with Gasteiger partial charge in [0.1, 0.15) is 0 Å². The van der Waals surface area contributed by atoms with Gasteiger partial charge >= 0.3 is 0 Å². The second-order valence-corrected chi connectivity index (χ2v) is 8.33. The lowest BCUT2D eigenvalue weighted by molar-refractivity contribution is 0.0827. The number of carbonyl (C=O) groups excluding carboxylic acids is 1. The Labute approximate surface area is 209 Å². The maximum absolute atomic E-state index is 12.1. The summed E-state index contributed by atoms with van der Waals surface area (Å²) in [4.78, 5) is 20.7. The van der Waals surface area contributed by atoms with E-state index in [4.69, 9.17) is 0 Å². The van der Waals surface area contributed by atoms with E-state index in [0.29, 0.717) is 6.04 Å². The standard InChI is InChI=1S/C25H35N5O.HI/c1-26-25(27-15-12-20-10-7-11-22(18-20)24(31)29(2)3)28-23-13-16-30(17-14-23)19-21-8-5-4-6-9-21;/h4-11,18,23H,12-17,19H2,1-3H3,(H2,26,27,28);1H. The molecule has 1 saturated heterocycles. The van der Waals surface area contributed by atoms with Crippen molar-refractivity contribution in [2.24, 2.45) is 4.99 Å². The minimum atomic E-state index is 0. The minimum Gasteiger partial charge on any atom is -0.356 e. The number of guanidine groups is 1. The van der Waals surface area contributed by atoms with Gasteiger partial charge in [-0.25, -0.2) is 0 Å². The summed E-state index contributed by atoms with van der Waals surface area (Å²) in [6.07, 6.45) is 3.06. The van der Waals surface area contributed by atoms with E-state index in [2.05, 4.69) is 56.9 Å². The van der Waals surface area contributed by atoms with Crippen LogP contribution in [0.3, 0.4) is 0 Å². The minimum absolute atomic E-state index is 0. The van der Waals surface area contributed by atoms with Crippen molar-refractivity contribution in [2.75, 3.05) is 40.8 Å². The molecule has 2 N–H and O–H groups in total. The molecule has 174 valence electrons. The SMILES string of the molecule is CN=C(NCCc1cccc(C(=O)N(C)C)c1)NC1CCN(Cc2ccccc2)CC1.I. The first-order valence-electron chi connectivity index (χ1n) is 11.1. The zero-order valence-electron chi connectivity index (χ0n) is 19.4. The van der Waals surface area contributed by atoms with E-state index in [1.165, 1.54) is 5.56 Å². The monoisotopic (exact) mass is 549 g/mol. The number of halogens is 1. The Balaban J connectivity index is 0.00000363. The number of hydrogen-bond acceptors (Lipinski definition) is 3. The summed E-state index contributed by atoms with van der Waals surface area (Å²) in [6, 6.07) is 19.0. The van der Waals surface area contributed by atoms with Gasteiger partial charge in [0, 0.05) is 58.9 Å². The van der Waals surface area contributed by atoms with E-state index in [0.717, 1.165) is 62.5 Å². The van der Waals surface area contributed by atoms with Crippen molar-refractivity contribution in [1.29, 1.82) is 0 Å². The van der Waals surface area contributed by atoms with Crippen molar-refractivity contribution in [1.82, 2.24) is 20.4 Å². The maximum Gasteiger partial charge on any atom is 0.253 e. The number of carbonyl (C=O) groups is 1. The van der Waals surface area contributed by atoms with E-state index >= 15 is 0 Å². The lowest BCUT2D eigenvalue weighted by Gasteiger charge is -2.33. The van der Waals surface area contributed by atoms with Gasteiger partial charge in [-0.15, -0.1) is 24.0 Å². The molecule has 0 atom stereocenters. The Hall–Kier alpha value is -2.13. The number of nitrogens with one attached hydrogen (secondary N) is 2. The summed E-state index contributed by atoms with van der Waals surface area (Å²) in [6.45, 7) is 3.98. The molecule has 32 heavy (non-hydrogen) atoms. The molecule has 0 spiro atoms. The van der Waals surface area contributed by atoms with Crippen molar-refractivity contribution in [3.8, 4) is 0 Å². The van der Waals surface area contributed by atoms with Crippen LogP contribution in [0.25, 0.3) is 0 Å². The van der Waals surface area contributed by atoms with Gasteiger partial charge in [-0.3, -0.25) is 14.7 Å². The third kappa shape index (κ3) is 8.09. The molecule has 7 heteroatoms. The molecule has 0 saturated carbocycles. The van der Waals surface area contributed by atoms with Gasteiger partial charge in [-0.2, -0.15) is 0 Å². The molecular weight excluding hydrogens is 513 g/mol. The largest absolute Gasteiger partial charge is 0.356 e. The molecule has 1 fully saturated rings. The fraction of sp³-hybridized carbons (Fsp3) is 0.440. The molecule has 6 nitrogen and oxygen atoms in total. The van der Waals surface area contributed by atoms with E-state index in [-0.39, 0.29) is 29.9 Å². The third-order valence-electron chi connectivity index (χ3n) is 5.69. The highest BCUT2D eigenvalue weighted by Crippen LogP contribution is 2.14. The van der Waals surface area contributed by atoms with E-state index in [1.54, 1.807) is 19.0 Å². The Morgan fingerprint density at radius 1 is 1.06 bits per heavy atom. The number of hydrogen-bond donors (Lipinski definition) is 2. The predicted molar refractivity (Wildman–Crippen MR) is 143 cm³/mol. The lowest BCUT2D eigenvalue weighted by atomic mass is 10.0. The Kier molecular flexibility index (Phi) is 11.0. The second kappa shape index (κ2) is 13.4. The molecule has 2 aromatic rings. The van der Waals surface area contributed by atoms with Crippen LogP contribution in [0.4, 0.5) is 0 Å². The van der Waals surface area contributed by atoms with Gasteiger partial charge in [0.05, 0.1) is 0 Å². The molecule has 0 radical (unpaired) electrons. The normalized spacial score (nSPS) is 15.0. The van der Waals surface area contributed by atoms with Gasteiger partial charge in [-0.05, 0) is 42.5 Å². The fourth-order valence-electron chi connectivity index (χ4n) is 3.91. The van der Waals surface area contributed by atoms with Crippen LogP contribution in [0.1, 0.15) is 34.3 Å². The Morgan fingerprint density at radius 2 is 1.75 bits per heavy atom. The highest BCUT2D eigenvalue weighted by atomic mass is 127. The number of nitrogens with zero attached hydrogens (tertiary/aromatic N) is 3. The second-order valence-electron chi connectivity index (χ2n) is 8.33. The van der Waals surface area contributed by atoms with E-state index < -0.39 is 0 Å². The zero-order valence-corrected chi connectivity index (χ0v) is 21.7. The average Bonchev–Trinajstić information content (AvgIpc) is 2.80. The van der Waals surface area contributed by atoms with Crippen LogP contribution >= 0.6 is 24.0 Å². The fourth-order valence-corrected chi connectivity index (χ4v) is 3.91. The first-order chi connectivity index (χ1) is 15.0. The number of amides is 1. The molecule has 0 aliphatic carbocycles. The quantitative estimate of drug-likeness (QED) is 0.316. The highest BCUT2D eigenvalue weighted by Gasteiger charge is 2.20. The average molecular weight is 550 g/mol. The van der Waals surface area contributed by atoms with E-state index in [9.17, 15) is 4.79 Å². The van der Waals surface area contributed by atoms with Crippen LogP contribution in [0, 0.1) is 0 Å². The molecule has 2 aromatic carbocycles. The van der Waals surface area contributed by atoms with Gasteiger partial charge in [-0.1, -0.05) is 42.5 Å². The molecule has 0 bridgehead atoms. The van der Waals surface area contributed by atoms with Crippen LogP contribution in [0.2, 0.25) is 0 Å². The van der Waals surface area contributed by atoms with Crippen molar-refractivity contribution < 1.29 is 4.79 Å². The highest BCUT2D eigenvalue weighted by molar-refractivity contribution is 14.0. The number of rotatable bonds is 7. The summed E-state index contributed by atoms with van der Waals surface area (Å²) in [5.41, 5.74) is 3.25. The van der Waals surface area contributed by atoms with Crippen molar-refractivity contribution >= 4 is 35.8 Å². The summed E-state index contributed by atoms with van der Waals surface area (Å²) < 4.78 is 0. The van der Waals surface area contributed by atoms with Gasteiger partial charge < -0.3 is 15.5 Å². The Bertz CT molecular complexity index is 864. The van der Waals surface area contributed by atoms with Crippen LogP contribution in [-0.4, -0.2) is 68.5 Å². The number of likely N-dealkylation sites (tertiary alicyclic amines) is 1. The summed E-state index contributed by atoms with van der Waals surface area (Å²) in [5.74, 6) is 0.882. The number of benzene rings is 2. The number of piperidine rings is 1. The lowest BCUT2D eigenvalue weighted by Crippen LogP contribution is -2.48. The summed E-state index contributed by atoms with van der Waals surface area (Å²) in [5, 5.41) is 6.99. The first-order valence-corrected chi connectivity index (χ1v) is 11.1. The third-order valence-corrected chi connectivity index (χ3v) is 5.69.